The van der Waals surface area contributed by atoms with Crippen molar-refractivity contribution in [1.29, 1.82) is 0 Å². The Morgan fingerprint density at radius 3 is 1.92 bits per heavy atom. The van der Waals surface area contributed by atoms with E-state index in [0.717, 1.165) is 44.9 Å². The van der Waals surface area contributed by atoms with Gasteiger partial charge in [0.2, 0.25) is 0 Å². The number of hydrogen-bond acceptors (Lipinski definition) is 22. The number of carbonyl (C=O) groups excluding carboxylic acids is 1. The van der Waals surface area contributed by atoms with Crippen molar-refractivity contribution in [2.24, 2.45) is 45.3 Å². The zero-order valence-corrected chi connectivity index (χ0v) is 45.4. The molecule has 436 valence electrons. The van der Waals surface area contributed by atoms with Gasteiger partial charge in [-0.1, -0.05) is 59.6 Å². The first-order valence-electron chi connectivity index (χ1n) is 27.8. The second kappa shape index (κ2) is 22.0. The number of allylic oxidation sites excluding steroid dienone is 1. The van der Waals surface area contributed by atoms with Gasteiger partial charge in [0.1, 0.15) is 96.5 Å². The fraction of sp³-hybridized carbons (Fsp3) is 0.944. The number of hydrogen-bond donors (Lipinski definition) is 11. The molecular formula is C54H88O22. The van der Waals surface area contributed by atoms with Crippen molar-refractivity contribution >= 4 is 5.97 Å². The molecule has 8 fully saturated rings. The molecule has 22 nitrogen and oxygen atoms in total. The number of rotatable bonds is 15. The summed E-state index contributed by atoms with van der Waals surface area (Å²) in [5.74, 6) is 0.196. The van der Waals surface area contributed by atoms with Crippen molar-refractivity contribution in [3.63, 3.8) is 0 Å². The van der Waals surface area contributed by atoms with Crippen molar-refractivity contribution in [2.75, 3.05) is 26.9 Å². The quantitative estimate of drug-likeness (QED) is 0.0568. The maximum Gasteiger partial charge on any atom is 0.316 e. The average molecular weight is 1090 g/mol. The van der Waals surface area contributed by atoms with Gasteiger partial charge in [-0.3, -0.25) is 4.79 Å². The molecule has 4 aliphatic carbocycles. The average Bonchev–Trinajstić information content (AvgIpc) is 4.06. The van der Waals surface area contributed by atoms with E-state index in [1.165, 1.54) is 19.6 Å². The first-order chi connectivity index (χ1) is 35.7. The lowest BCUT2D eigenvalue weighted by Gasteiger charge is -2.64. The molecule has 0 aromatic rings. The molecule has 1 spiro atoms. The number of cyclic esters (lactones) is 1. The van der Waals surface area contributed by atoms with Gasteiger partial charge >= 0.3 is 5.97 Å². The van der Waals surface area contributed by atoms with Crippen LogP contribution in [0, 0.1) is 45.3 Å². The van der Waals surface area contributed by atoms with Crippen molar-refractivity contribution in [1.82, 2.24) is 0 Å². The lowest BCUT2D eigenvalue weighted by atomic mass is 9.40. The molecule has 9 rings (SSSR count). The standard InChI is InChI=1S/C54H88O22/c1-23(2)11-10-16-53(8)31-14-18-52(7)25-12-13-30-50(4,5)33(15-17-51(30,6)26(25)19-32(57)54(31,52)49(66)76-53)73-48-44(75-45-39(63)38(62)34(58)24(3)69-45)37(61)29(22-68-48)72-46-41(65)43(36(60)28(21-56)70-46)74-47-40(64)42(67-9)35(59)27(20-55)71-47/h19,23-25,27-48,55-65H,10-18,20-22H2,1-9H3/t24?,25-,27?,28?,29-,30?,31-,32+,33+,34-,35-,36-,37?,38?,39?,40?,41?,42?,43?,44?,45+,46+,47+,48+,51-,52+,53+,54?/m1/s1. The van der Waals surface area contributed by atoms with Crippen LogP contribution in [0.5, 0.6) is 0 Å². The third-order valence-corrected chi connectivity index (χ3v) is 20.4. The van der Waals surface area contributed by atoms with Crippen LogP contribution in [-0.2, 0) is 52.2 Å². The third kappa shape index (κ3) is 9.47. The smallest absolute Gasteiger partial charge is 0.316 e. The van der Waals surface area contributed by atoms with Crippen molar-refractivity contribution in [3.8, 4) is 0 Å². The SMILES string of the molecule is COC1C(O)[C@H](OC2C(O)[C@H](O[C@@H]3CO[C@@H](O[C@H]4CC[C@]5(C)C6=C[C@H](O)C78C(=O)O[C@@](C)(CCCC(C)C)[C@H]7CC[C@@]8(C)[C@@H]6CCC5C4(C)C)C(O[C@@H]4OC(C)[C@@H](O)C(O)C4O)C3O)OC(CO)[C@H]2O)OC(CO)[C@H]1O. The van der Waals surface area contributed by atoms with Gasteiger partial charge < -0.3 is 104 Å². The van der Waals surface area contributed by atoms with Crippen molar-refractivity contribution in [3.05, 3.63) is 11.6 Å². The fourth-order valence-corrected chi connectivity index (χ4v) is 16.2. The van der Waals surface area contributed by atoms with E-state index >= 15 is 0 Å². The van der Waals surface area contributed by atoms with Gasteiger partial charge in [-0.05, 0) is 99.2 Å². The van der Waals surface area contributed by atoms with E-state index < -0.39 is 176 Å². The van der Waals surface area contributed by atoms with Crippen LogP contribution in [0.25, 0.3) is 0 Å². The van der Waals surface area contributed by atoms with E-state index in [9.17, 15) is 61.0 Å². The molecule has 3 saturated carbocycles. The minimum absolute atomic E-state index is 0.0140. The van der Waals surface area contributed by atoms with Crippen LogP contribution >= 0.6 is 0 Å². The largest absolute Gasteiger partial charge is 0.459 e. The van der Waals surface area contributed by atoms with E-state index in [1.54, 1.807) is 0 Å². The maximum absolute atomic E-state index is 14.5. The van der Waals surface area contributed by atoms with Crippen LogP contribution in [0.4, 0.5) is 0 Å². The Kier molecular flexibility index (Phi) is 17.1. The van der Waals surface area contributed by atoms with E-state index in [2.05, 4.69) is 48.5 Å². The molecule has 0 aromatic heterocycles. The zero-order valence-electron chi connectivity index (χ0n) is 45.4. The molecular weight excluding hydrogens is 1000 g/mol. The second-order valence-corrected chi connectivity index (χ2v) is 25.4. The highest BCUT2D eigenvalue weighted by molar-refractivity contribution is 5.84. The van der Waals surface area contributed by atoms with Crippen LogP contribution in [-0.4, -0.2) is 224 Å². The van der Waals surface area contributed by atoms with Crippen molar-refractivity contribution < 1.29 is 108 Å². The maximum atomic E-state index is 14.5. The Hall–Kier alpha value is -1.59. The van der Waals surface area contributed by atoms with Gasteiger partial charge in [0.15, 0.2) is 25.2 Å². The van der Waals surface area contributed by atoms with Crippen LogP contribution in [0.1, 0.15) is 113 Å². The Balaban J connectivity index is 0.943. The molecule has 11 N–H and O–H groups in total. The van der Waals surface area contributed by atoms with Gasteiger partial charge in [-0.25, -0.2) is 0 Å². The molecule has 5 aliphatic heterocycles. The summed E-state index contributed by atoms with van der Waals surface area (Å²) in [5, 5.41) is 122. The van der Waals surface area contributed by atoms with Crippen LogP contribution in [0.2, 0.25) is 0 Å². The molecule has 0 bridgehead atoms. The Bertz CT molecular complexity index is 2060. The molecule has 28 atom stereocenters. The third-order valence-electron chi connectivity index (χ3n) is 20.4. The summed E-state index contributed by atoms with van der Waals surface area (Å²) in [4.78, 5) is 14.5. The molecule has 0 radical (unpaired) electrons. The lowest BCUT2D eigenvalue weighted by molar-refractivity contribution is -0.388. The summed E-state index contributed by atoms with van der Waals surface area (Å²) in [6.45, 7) is 14.8. The topological polar surface area (TPSA) is 332 Å². The summed E-state index contributed by atoms with van der Waals surface area (Å²) >= 11 is 0. The van der Waals surface area contributed by atoms with Gasteiger partial charge in [-0.2, -0.15) is 0 Å². The highest BCUT2D eigenvalue weighted by Crippen LogP contribution is 2.76. The first kappa shape index (κ1) is 59.0. The van der Waals surface area contributed by atoms with E-state index in [0.29, 0.717) is 18.8 Å². The van der Waals surface area contributed by atoms with Gasteiger partial charge in [0, 0.05) is 13.0 Å². The number of methoxy groups -OCH3 is 1. The molecule has 22 heteroatoms. The zero-order chi connectivity index (χ0) is 55.4. The first-order valence-corrected chi connectivity index (χ1v) is 27.8. The molecule has 76 heavy (non-hydrogen) atoms. The predicted molar refractivity (Wildman–Crippen MR) is 262 cm³/mol. The Morgan fingerprint density at radius 2 is 1.28 bits per heavy atom. The van der Waals surface area contributed by atoms with Crippen molar-refractivity contribution in [2.45, 2.75) is 248 Å². The summed E-state index contributed by atoms with van der Waals surface area (Å²) < 4.78 is 60.5. The normalized spacial score (nSPS) is 53.1. The molecule has 5 saturated heterocycles. The predicted octanol–water partition coefficient (Wildman–Crippen LogP) is -0.337. The number of aliphatic hydroxyl groups excluding tert-OH is 11. The molecule has 0 aromatic carbocycles. The molecule has 9 aliphatic rings. The van der Waals surface area contributed by atoms with E-state index in [4.69, 9.17) is 47.4 Å². The number of fused-ring (bicyclic) bond motifs is 4. The van der Waals surface area contributed by atoms with E-state index in [-0.39, 0.29) is 23.7 Å². The number of carbonyl (C=O) groups is 1. The summed E-state index contributed by atoms with van der Waals surface area (Å²) in [6.07, 6.45) is -22.1. The summed E-state index contributed by atoms with van der Waals surface area (Å²) in [7, 11) is 1.21. The molecule has 13 unspecified atom stereocenters. The fourth-order valence-electron chi connectivity index (χ4n) is 16.2. The van der Waals surface area contributed by atoms with Crippen LogP contribution in [0.3, 0.4) is 0 Å². The van der Waals surface area contributed by atoms with Gasteiger partial charge in [-0.15, -0.1) is 0 Å². The number of aliphatic hydroxyl groups is 11. The summed E-state index contributed by atoms with van der Waals surface area (Å²) in [5.41, 5.74) is -2.03. The number of esters is 1. The molecule has 5 heterocycles. The highest BCUT2D eigenvalue weighted by Gasteiger charge is 2.79. The van der Waals surface area contributed by atoms with Gasteiger partial charge in [0.05, 0.1) is 38.1 Å². The lowest BCUT2D eigenvalue weighted by Crippen LogP contribution is -2.66. The second-order valence-electron chi connectivity index (χ2n) is 25.4. The molecule has 0 amide bonds. The van der Waals surface area contributed by atoms with Crippen LogP contribution < -0.4 is 0 Å². The summed E-state index contributed by atoms with van der Waals surface area (Å²) in [6, 6.07) is 0. The minimum atomic E-state index is -1.90. The Labute approximate surface area is 444 Å². The highest BCUT2D eigenvalue weighted by atomic mass is 16.8. The Morgan fingerprint density at radius 1 is 0.658 bits per heavy atom. The number of ether oxygens (including phenoxy) is 10. The van der Waals surface area contributed by atoms with Crippen LogP contribution in [0.15, 0.2) is 11.6 Å². The van der Waals surface area contributed by atoms with E-state index in [1.807, 2.05) is 6.08 Å². The monoisotopic (exact) mass is 1090 g/mol. The van der Waals surface area contributed by atoms with Gasteiger partial charge in [0.25, 0.3) is 0 Å². The minimum Gasteiger partial charge on any atom is -0.459 e.